The highest BCUT2D eigenvalue weighted by atomic mass is 16.2. The molecule has 1 aromatic rings. The third-order valence-corrected chi connectivity index (χ3v) is 2.82. The monoisotopic (exact) mass is 279 g/mol. The number of carbonyl (C=O) groups is 1. The molecule has 21 heavy (non-hydrogen) atoms. The lowest BCUT2D eigenvalue weighted by Gasteiger charge is -2.15. The van der Waals surface area contributed by atoms with Gasteiger partial charge in [0.2, 0.25) is 0 Å². The second-order valence-corrected chi connectivity index (χ2v) is 4.39. The molecule has 6 heteroatoms. The SMILES string of the molecule is Cc1c(NC(C#N)=C(C#N)C#N)cccc1C(=O)N(C)C. The Bertz CT molecular complexity index is 710. The van der Waals surface area contributed by atoms with Crippen molar-refractivity contribution in [1.82, 2.24) is 4.90 Å². The molecule has 1 N–H and O–H groups in total. The van der Waals surface area contributed by atoms with E-state index in [1.54, 1.807) is 57.4 Å². The van der Waals surface area contributed by atoms with Crippen LogP contribution in [0, 0.1) is 40.9 Å². The molecule has 0 unspecified atom stereocenters. The summed E-state index contributed by atoms with van der Waals surface area (Å²) in [6.07, 6.45) is 0. The van der Waals surface area contributed by atoms with Gasteiger partial charge in [-0.3, -0.25) is 4.79 Å². The summed E-state index contributed by atoms with van der Waals surface area (Å²) in [5.74, 6) is -0.167. The molecular weight excluding hydrogens is 266 g/mol. The summed E-state index contributed by atoms with van der Waals surface area (Å²) >= 11 is 0. The molecule has 0 aliphatic heterocycles. The van der Waals surface area contributed by atoms with Crippen molar-refractivity contribution in [2.45, 2.75) is 6.92 Å². The van der Waals surface area contributed by atoms with Crippen LogP contribution in [0.3, 0.4) is 0 Å². The first-order valence-corrected chi connectivity index (χ1v) is 5.99. The van der Waals surface area contributed by atoms with Crippen LogP contribution in [0.1, 0.15) is 15.9 Å². The highest BCUT2D eigenvalue weighted by Crippen LogP contribution is 2.22. The minimum absolute atomic E-state index is 0.141. The Morgan fingerprint density at radius 3 is 2.24 bits per heavy atom. The molecule has 6 nitrogen and oxygen atoms in total. The fraction of sp³-hybridized carbons (Fsp3) is 0.200. The van der Waals surface area contributed by atoms with Crippen LogP contribution in [0.2, 0.25) is 0 Å². The molecule has 0 atom stereocenters. The van der Waals surface area contributed by atoms with Crippen LogP contribution in [0.5, 0.6) is 0 Å². The van der Waals surface area contributed by atoms with Crippen molar-refractivity contribution in [2.75, 3.05) is 19.4 Å². The zero-order valence-electron chi connectivity index (χ0n) is 11.9. The van der Waals surface area contributed by atoms with Gasteiger partial charge in [0.05, 0.1) is 0 Å². The van der Waals surface area contributed by atoms with E-state index in [4.69, 9.17) is 15.8 Å². The smallest absolute Gasteiger partial charge is 0.253 e. The zero-order valence-corrected chi connectivity index (χ0v) is 11.9. The van der Waals surface area contributed by atoms with Gasteiger partial charge >= 0.3 is 0 Å². The van der Waals surface area contributed by atoms with E-state index in [-0.39, 0.29) is 17.2 Å². The van der Waals surface area contributed by atoms with E-state index in [0.29, 0.717) is 16.8 Å². The predicted octanol–water partition coefficient (Wildman–Crippen LogP) is 1.93. The van der Waals surface area contributed by atoms with Crippen molar-refractivity contribution in [3.05, 3.63) is 40.6 Å². The summed E-state index contributed by atoms with van der Waals surface area (Å²) in [5, 5.41) is 29.4. The number of rotatable bonds is 3. The Kier molecular flexibility index (Phi) is 5.06. The van der Waals surface area contributed by atoms with Crippen LogP contribution in [-0.2, 0) is 0 Å². The van der Waals surface area contributed by atoms with Gasteiger partial charge in [-0.05, 0) is 24.6 Å². The highest BCUT2D eigenvalue weighted by Gasteiger charge is 2.14. The summed E-state index contributed by atoms with van der Waals surface area (Å²) in [7, 11) is 3.29. The second kappa shape index (κ2) is 6.75. The van der Waals surface area contributed by atoms with Crippen LogP contribution in [0.15, 0.2) is 29.5 Å². The molecular formula is C15H13N5O. The third-order valence-electron chi connectivity index (χ3n) is 2.82. The topological polar surface area (TPSA) is 104 Å². The van der Waals surface area contributed by atoms with Crippen molar-refractivity contribution < 1.29 is 4.79 Å². The van der Waals surface area contributed by atoms with Gasteiger partial charge < -0.3 is 10.2 Å². The van der Waals surface area contributed by atoms with Crippen LogP contribution in [0.4, 0.5) is 5.69 Å². The predicted molar refractivity (Wildman–Crippen MR) is 76.7 cm³/mol. The lowest BCUT2D eigenvalue weighted by Crippen LogP contribution is -2.22. The van der Waals surface area contributed by atoms with Gasteiger partial charge in [0.15, 0.2) is 5.57 Å². The van der Waals surface area contributed by atoms with Gasteiger partial charge in [0.25, 0.3) is 5.91 Å². The minimum atomic E-state index is -0.304. The summed E-state index contributed by atoms with van der Waals surface area (Å²) in [4.78, 5) is 13.5. The number of amides is 1. The Balaban J connectivity index is 3.31. The third kappa shape index (κ3) is 3.37. The molecule has 1 aromatic carbocycles. The van der Waals surface area contributed by atoms with Crippen molar-refractivity contribution >= 4 is 11.6 Å². The first kappa shape index (κ1) is 15.8. The van der Waals surface area contributed by atoms with E-state index in [1.165, 1.54) is 4.90 Å². The first-order valence-electron chi connectivity index (χ1n) is 5.99. The average Bonchev–Trinajstić information content (AvgIpc) is 2.48. The number of hydrogen-bond acceptors (Lipinski definition) is 5. The van der Waals surface area contributed by atoms with Gasteiger partial charge in [-0.2, -0.15) is 15.8 Å². The molecule has 104 valence electrons. The Morgan fingerprint density at radius 2 is 1.76 bits per heavy atom. The van der Waals surface area contributed by atoms with Crippen molar-refractivity contribution in [3.63, 3.8) is 0 Å². The summed E-state index contributed by atoms with van der Waals surface area (Å²) < 4.78 is 0. The van der Waals surface area contributed by atoms with Crippen molar-refractivity contribution in [3.8, 4) is 18.2 Å². The van der Waals surface area contributed by atoms with Crippen LogP contribution < -0.4 is 5.32 Å². The fourth-order valence-electron chi connectivity index (χ4n) is 1.66. The van der Waals surface area contributed by atoms with Crippen molar-refractivity contribution in [1.29, 1.82) is 15.8 Å². The van der Waals surface area contributed by atoms with E-state index in [2.05, 4.69) is 5.32 Å². The molecule has 0 aliphatic carbocycles. The minimum Gasteiger partial charge on any atom is -0.345 e. The molecule has 1 rings (SSSR count). The van der Waals surface area contributed by atoms with E-state index in [1.807, 2.05) is 0 Å². The quantitative estimate of drug-likeness (QED) is 0.851. The number of anilines is 1. The fourth-order valence-corrected chi connectivity index (χ4v) is 1.66. The van der Waals surface area contributed by atoms with E-state index in [0.717, 1.165) is 0 Å². The molecule has 0 spiro atoms. The van der Waals surface area contributed by atoms with Crippen LogP contribution in [-0.4, -0.2) is 24.9 Å². The highest BCUT2D eigenvalue weighted by molar-refractivity contribution is 5.96. The number of nitriles is 3. The summed E-state index contributed by atoms with van der Waals surface area (Å²) in [5.41, 5.74) is 1.18. The number of carbonyl (C=O) groups excluding carboxylic acids is 1. The normalized spacial score (nSPS) is 8.76. The largest absolute Gasteiger partial charge is 0.345 e. The Labute approximate surface area is 123 Å². The Hall–Kier alpha value is -3.30. The molecule has 0 bridgehead atoms. The van der Waals surface area contributed by atoms with Gasteiger partial charge in [-0.15, -0.1) is 0 Å². The summed E-state index contributed by atoms with van der Waals surface area (Å²) in [6.45, 7) is 1.73. The summed E-state index contributed by atoms with van der Waals surface area (Å²) in [6, 6.07) is 10.1. The lowest BCUT2D eigenvalue weighted by atomic mass is 10.1. The Morgan fingerprint density at radius 1 is 1.14 bits per heavy atom. The molecule has 1 amide bonds. The van der Waals surface area contributed by atoms with Gasteiger partial charge in [-0.1, -0.05) is 6.07 Å². The number of hydrogen-bond donors (Lipinski definition) is 1. The van der Waals surface area contributed by atoms with Crippen LogP contribution in [0.25, 0.3) is 0 Å². The van der Waals surface area contributed by atoms with E-state index >= 15 is 0 Å². The molecule has 0 saturated carbocycles. The van der Waals surface area contributed by atoms with E-state index in [9.17, 15) is 4.79 Å². The van der Waals surface area contributed by atoms with Crippen molar-refractivity contribution in [2.24, 2.45) is 0 Å². The zero-order chi connectivity index (χ0) is 16.0. The van der Waals surface area contributed by atoms with Gasteiger partial charge in [0.1, 0.15) is 23.9 Å². The van der Waals surface area contributed by atoms with Gasteiger partial charge in [0, 0.05) is 25.3 Å². The molecule has 0 heterocycles. The number of nitrogens with one attached hydrogen (secondary N) is 1. The number of allylic oxidation sites excluding steroid dienone is 2. The molecule has 0 saturated heterocycles. The molecule has 0 aliphatic rings. The average molecular weight is 279 g/mol. The van der Waals surface area contributed by atoms with Gasteiger partial charge in [-0.25, -0.2) is 0 Å². The maximum Gasteiger partial charge on any atom is 0.253 e. The second-order valence-electron chi connectivity index (χ2n) is 4.39. The maximum absolute atomic E-state index is 12.0. The standard InChI is InChI=1S/C15H13N5O/c1-10-12(15(21)20(2)3)5-4-6-13(10)19-14(9-18)11(7-16)8-17/h4-6,19H,1-3H3. The molecule has 0 radical (unpaired) electrons. The molecule has 0 fully saturated rings. The first-order chi connectivity index (χ1) is 9.96. The number of benzene rings is 1. The van der Waals surface area contributed by atoms with Crippen LogP contribution >= 0.6 is 0 Å². The molecule has 0 aromatic heterocycles. The van der Waals surface area contributed by atoms with E-state index < -0.39 is 0 Å². The number of nitrogens with zero attached hydrogens (tertiary/aromatic N) is 4. The lowest BCUT2D eigenvalue weighted by molar-refractivity contribution is 0.0827. The maximum atomic E-state index is 12.0.